The van der Waals surface area contributed by atoms with Crippen LogP contribution >= 0.6 is 11.8 Å². The molecule has 1 aromatic carbocycles. The summed E-state index contributed by atoms with van der Waals surface area (Å²) in [6.45, 7) is 0. The summed E-state index contributed by atoms with van der Waals surface area (Å²) in [5.41, 5.74) is 1.16. The molecule has 0 amide bonds. The summed E-state index contributed by atoms with van der Waals surface area (Å²) in [5.74, 6) is 2.17. The summed E-state index contributed by atoms with van der Waals surface area (Å²) in [4.78, 5) is 13.8. The normalized spacial score (nSPS) is 33.2. The first kappa shape index (κ1) is 21.3. The number of aromatic nitrogens is 4. The van der Waals surface area contributed by atoms with Gasteiger partial charge in [0.2, 0.25) is 0 Å². The number of benzene rings is 1. The molecular formula is C23H26FN5O3S. The van der Waals surface area contributed by atoms with Gasteiger partial charge in [-0.2, -0.15) is 0 Å². The highest BCUT2D eigenvalue weighted by Crippen LogP contribution is 2.45. The number of aliphatic hydroxyl groups is 2. The molecule has 6 rings (SSSR count). The van der Waals surface area contributed by atoms with Crippen LogP contribution in [0.4, 0.5) is 10.2 Å². The van der Waals surface area contributed by atoms with Gasteiger partial charge in [0.15, 0.2) is 23.2 Å². The van der Waals surface area contributed by atoms with Crippen molar-refractivity contribution >= 4 is 28.7 Å². The maximum atomic E-state index is 13.9. The fourth-order valence-corrected chi connectivity index (χ4v) is 6.57. The molecule has 1 saturated heterocycles. The number of hydrogen-bond donors (Lipinski definition) is 3. The molecule has 3 aromatic rings. The van der Waals surface area contributed by atoms with E-state index < -0.39 is 24.5 Å². The van der Waals surface area contributed by atoms with Crippen molar-refractivity contribution in [2.24, 2.45) is 11.8 Å². The number of nitrogens with zero attached hydrogens (tertiary/aromatic N) is 4. The molecule has 33 heavy (non-hydrogen) atoms. The number of fused-ring (bicyclic) bond motifs is 3. The standard InChI is InChI=1S/C23H26FN5O3S/c24-14-3-1-2-4-17(14)33-9-16-19(30)20(31)23(32-16)29-11-27-18-21(25-10-26-22(18)29)28-15-8-12-5-6-13(15)7-12/h1-4,10-13,15-16,19-20,23,30-31H,5-9H2,(H,25,26,28)/t12?,13?,15?,16-,19-,20-,23-/m1/s1. The zero-order valence-electron chi connectivity index (χ0n) is 17.9. The Kier molecular flexibility index (Phi) is 5.48. The zero-order chi connectivity index (χ0) is 22.5. The summed E-state index contributed by atoms with van der Waals surface area (Å²) in [6.07, 6.45) is 4.30. The molecule has 174 valence electrons. The molecule has 3 fully saturated rings. The van der Waals surface area contributed by atoms with Crippen molar-refractivity contribution in [3.8, 4) is 0 Å². The predicted octanol–water partition coefficient (Wildman–Crippen LogP) is 2.98. The van der Waals surface area contributed by atoms with Gasteiger partial charge in [0.25, 0.3) is 0 Å². The highest BCUT2D eigenvalue weighted by molar-refractivity contribution is 7.99. The summed E-state index contributed by atoms with van der Waals surface area (Å²) in [6, 6.07) is 6.87. The van der Waals surface area contributed by atoms with E-state index in [-0.39, 0.29) is 5.82 Å². The molecule has 3 unspecified atom stereocenters. The Balaban J connectivity index is 1.20. The van der Waals surface area contributed by atoms with Gasteiger partial charge in [-0.05, 0) is 43.2 Å². The largest absolute Gasteiger partial charge is 0.387 e. The topological polar surface area (TPSA) is 105 Å². The lowest BCUT2D eigenvalue weighted by Gasteiger charge is -2.23. The third-order valence-corrected chi connectivity index (χ3v) is 8.41. The highest BCUT2D eigenvalue weighted by atomic mass is 32.2. The van der Waals surface area contributed by atoms with Crippen molar-refractivity contribution in [2.75, 3.05) is 11.1 Å². The van der Waals surface area contributed by atoms with E-state index in [1.54, 1.807) is 29.1 Å². The van der Waals surface area contributed by atoms with Crippen molar-refractivity contribution in [3.63, 3.8) is 0 Å². The van der Waals surface area contributed by atoms with Crippen molar-refractivity contribution < 1.29 is 19.3 Å². The van der Waals surface area contributed by atoms with Crippen LogP contribution in [0.25, 0.3) is 11.2 Å². The molecule has 2 aliphatic carbocycles. The number of nitrogens with one attached hydrogen (secondary N) is 1. The number of ether oxygens (including phenoxy) is 1. The SMILES string of the molecule is O[C@@H]1[C@H](O)[C@@H](CSc2ccccc2F)O[C@H]1n1cnc2c(NC3CC4CCC3C4)ncnc21. The van der Waals surface area contributed by atoms with E-state index >= 15 is 0 Å². The number of imidazole rings is 1. The fraction of sp³-hybridized carbons (Fsp3) is 0.522. The third kappa shape index (κ3) is 3.78. The summed E-state index contributed by atoms with van der Waals surface area (Å²) in [5, 5.41) is 24.9. The summed E-state index contributed by atoms with van der Waals surface area (Å²) < 4.78 is 21.6. The number of hydrogen-bond acceptors (Lipinski definition) is 8. The Morgan fingerprint density at radius 2 is 2.00 bits per heavy atom. The van der Waals surface area contributed by atoms with Crippen LogP contribution in [0.5, 0.6) is 0 Å². The molecule has 10 heteroatoms. The Labute approximate surface area is 194 Å². The molecule has 3 N–H and O–H groups in total. The molecule has 2 aromatic heterocycles. The third-order valence-electron chi connectivity index (χ3n) is 7.27. The number of halogens is 1. The summed E-state index contributed by atoms with van der Waals surface area (Å²) >= 11 is 1.25. The average molecular weight is 472 g/mol. The van der Waals surface area contributed by atoms with Crippen LogP contribution in [0.2, 0.25) is 0 Å². The number of rotatable bonds is 6. The molecule has 0 radical (unpaired) electrons. The first-order chi connectivity index (χ1) is 16.1. The summed E-state index contributed by atoms with van der Waals surface area (Å²) in [7, 11) is 0. The van der Waals surface area contributed by atoms with E-state index in [1.165, 1.54) is 43.4 Å². The van der Waals surface area contributed by atoms with Gasteiger partial charge in [-0.3, -0.25) is 4.57 Å². The van der Waals surface area contributed by atoms with Gasteiger partial charge < -0.3 is 20.3 Å². The number of anilines is 1. The lowest BCUT2D eigenvalue weighted by atomic mass is 9.95. The molecule has 8 nitrogen and oxygen atoms in total. The van der Waals surface area contributed by atoms with Gasteiger partial charge in [-0.15, -0.1) is 11.8 Å². The Morgan fingerprint density at radius 1 is 1.12 bits per heavy atom. The van der Waals surface area contributed by atoms with Gasteiger partial charge in [0, 0.05) is 16.7 Å². The second kappa shape index (κ2) is 8.50. The van der Waals surface area contributed by atoms with Crippen molar-refractivity contribution in [1.29, 1.82) is 0 Å². The van der Waals surface area contributed by atoms with Crippen molar-refractivity contribution in [1.82, 2.24) is 19.5 Å². The first-order valence-corrected chi connectivity index (χ1v) is 12.4. The van der Waals surface area contributed by atoms with E-state index in [0.717, 1.165) is 12.3 Å². The molecule has 2 saturated carbocycles. The van der Waals surface area contributed by atoms with E-state index in [1.807, 2.05) is 0 Å². The monoisotopic (exact) mass is 471 g/mol. The second-order valence-electron chi connectivity index (χ2n) is 9.26. The molecule has 2 bridgehead atoms. The van der Waals surface area contributed by atoms with Crippen LogP contribution in [0.15, 0.2) is 41.8 Å². The molecule has 7 atom stereocenters. The van der Waals surface area contributed by atoms with Crippen LogP contribution in [0.3, 0.4) is 0 Å². The minimum Gasteiger partial charge on any atom is -0.387 e. The lowest BCUT2D eigenvalue weighted by molar-refractivity contribution is -0.0289. The van der Waals surface area contributed by atoms with Gasteiger partial charge >= 0.3 is 0 Å². The second-order valence-corrected chi connectivity index (χ2v) is 10.3. The van der Waals surface area contributed by atoms with Crippen LogP contribution < -0.4 is 5.32 Å². The van der Waals surface area contributed by atoms with Crippen molar-refractivity contribution in [3.05, 3.63) is 42.7 Å². The smallest absolute Gasteiger partial charge is 0.167 e. The zero-order valence-corrected chi connectivity index (χ0v) is 18.7. The highest BCUT2D eigenvalue weighted by Gasteiger charge is 2.44. The minimum atomic E-state index is -1.16. The molecular weight excluding hydrogens is 445 g/mol. The van der Waals surface area contributed by atoms with E-state index in [0.29, 0.717) is 39.6 Å². The average Bonchev–Trinajstić information content (AvgIpc) is 3.59. The number of thioether (sulfide) groups is 1. The molecule has 0 spiro atoms. The maximum absolute atomic E-state index is 13.9. The predicted molar refractivity (Wildman–Crippen MR) is 121 cm³/mol. The molecule has 3 aliphatic rings. The fourth-order valence-electron chi connectivity index (χ4n) is 5.57. The van der Waals surface area contributed by atoms with Crippen LogP contribution in [-0.4, -0.2) is 59.8 Å². The van der Waals surface area contributed by atoms with Gasteiger partial charge in [-0.1, -0.05) is 18.6 Å². The maximum Gasteiger partial charge on any atom is 0.167 e. The quantitative estimate of drug-likeness (QED) is 0.472. The van der Waals surface area contributed by atoms with Gasteiger partial charge in [0.05, 0.1) is 12.4 Å². The van der Waals surface area contributed by atoms with Crippen molar-refractivity contribution in [2.45, 2.75) is 61.2 Å². The van der Waals surface area contributed by atoms with Gasteiger partial charge in [-0.25, -0.2) is 19.3 Å². The first-order valence-electron chi connectivity index (χ1n) is 11.4. The number of aliphatic hydroxyl groups excluding tert-OH is 2. The van der Waals surface area contributed by atoms with Gasteiger partial charge in [0.1, 0.15) is 24.4 Å². The van der Waals surface area contributed by atoms with Crippen LogP contribution in [0.1, 0.15) is 31.9 Å². The van der Waals surface area contributed by atoms with E-state index in [9.17, 15) is 14.6 Å². The van der Waals surface area contributed by atoms with E-state index in [2.05, 4.69) is 20.3 Å². The Hall–Kier alpha value is -2.27. The van der Waals surface area contributed by atoms with Crippen LogP contribution in [0, 0.1) is 17.7 Å². The minimum absolute atomic E-state index is 0.300. The molecule has 1 aliphatic heterocycles. The molecule has 3 heterocycles. The Morgan fingerprint density at radius 3 is 2.79 bits per heavy atom. The lowest BCUT2D eigenvalue weighted by Crippen LogP contribution is -2.32. The van der Waals surface area contributed by atoms with Crippen LogP contribution in [-0.2, 0) is 4.74 Å². The Bertz CT molecular complexity index is 1160. The van der Waals surface area contributed by atoms with E-state index in [4.69, 9.17) is 4.74 Å².